The highest BCUT2D eigenvalue weighted by Crippen LogP contribution is 2.45. The van der Waals surface area contributed by atoms with Crippen LogP contribution in [-0.4, -0.2) is 24.9 Å². The van der Waals surface area contributed by atoms with Crippen LogP contribution in [0.5, 0.6) is 0 Å². The molecule has 0 bridgehead atoms. The van der Waals surface area contributed by atoms with Crippen LogP contribution in [0.15, 0.2) is 205 Å². The van der Waals surface area contributed by atoms with Gasteiger partial charge in [-0.15, -0.1) is 0 Å². The molecule has 0 saturated heterocycles. The van der Waals surface area contributed by atoms with Crippen LogP contribution in [-0.2, 0) is 35.2 Å². The number of benzene rings is 5. The number of nitrogens with zero attached hydrogens (tertiary/aromatic N) is 10. The lowest BCUT2D eigenvalue weighted by Gasteiger charge is -2.10. The van der Waals surface area contributed by atoms with Crippen LogP contribution in [0.1, 0.15) is 151 Å². The zero-order valence-corrected chi connectivity index (χ0v) is 77.0. The zero-order chi connectivity index (χ0) is 88.2. The van der Waals surface area contributed by atoms with Crippen LogP contribution in [0, 0.1) is 125 Å². The van der Waals surface area contributed by atoms with E-state index < -0.39 is 0 Å². The van der Waals surface area contributed by atoms with Gasteiger partial charge in [-0.25, -0.2) is 47.8 Å². The minimum atomic E-state index is 0.483. The van der Waals surface area contributed by atoms with E-state index in [9.17, 15) is 0 Å². The van der Waals surface area contributed by atoms with Gasteiger partial charge in [-0.3, -0.25) is 0 Å². The molecule has 20 rings (SSSR count). The highest BCUT2D eigenvalue weighted by atomic mass is 16.4. The monoisotopic (exact) mass is 1640 g/mol. The molecule has 15 heterocycles. The van der Waals surface area contributed by atoms with E-state index in [2.05, 4.69) is 359 Å². The fourth-order valence-corrected chi connectivity index (χ4v) is 17.9. The Morgan fingerprint density at radius 3 is 0.839 bits per heavy atom. The Morgan fingerprint density at radius 1 is 0.226 bits per heavy atom. The number of fused-ring (bicyclic) bond motifs is 15. The Kier molecular flexibility index (Phi) is 22.5. The van der Waals surface area contributed by atoms with Gasteiger partial charge >= 0.3 is 0 Å². The Morgan fingerprint density at radius 2 is 0.508 bits per heavy atom. The Labute approximate surface area is 726 Å². The molecule has 15 heteroatoms. The van der Waals surface area contributed by atoms with Crippen LogP contribution < -0.4 is 22.8 Å². The highest BCUT2D eigenvalue weighted by molar-refractivity contribution is 6.14. The highest BCUT2D eigenvalue weighted by Gasteiger charge is 2.30. The Balaban J connectivity index is 0.000000115. The van der Waals surface area contributed by atoms with Crippen LogP contribution in [0.4, 0.5) is 0 Å². The van der Waals surface area contributed by atoms with E-state index in [1.165, 1.54) is 117 Å². The minimum Gasteiger partial charge on any atom is -0.437 e. The first kappa shape index (κ1) is 84.2. The van der Waals surface area contributed by atoms with Gasteiger partial charge in [0.25, 0.3) is 0 Å². The topological polar surface area (TPSA) is 150 Å². The molecule has 0 aliphatic rings. The SMILES string of the molecule is Cc1ccc(-c2c(C)cc(C)c3c2oc2nc(C)ccc23)[n+](C)c1.Cc1ccc2c(n1)oc1c(-c3cc(C(C)C)cc[n+]3C)c(C)cc(C)c12.Cc1ccc2c(n1)oc1c(-c3cc(C(C)C)cc[n+]3C)c(C)ccc12.Cc1ccc2c(n1)oc1c(-c3cc(C)c(C)c[n+]3C)c(C)cc(C)c12.Cc1ccc2c(n1)oc1c(-c3cc(C)c(C)c[n+]3C)c(C)ccc12. The fraction of sp³-hybridized carbons (Fsp3) is 0.266. The molecule has 0 fully saturated rings. The molecule has 0 aliphatic carbocycles. The third-order valence-electron chi connectivity index (χ3n) is 24.9. The van der Waals surface area contributed by atoms with E-state index in [0.29, 0.717) is 23.3 Å². The number of aryl methyl sites for hydroxylation is 23. The molecule has 0 unspecified atom stereocenters. The van der Waals surface area contributed by atoms with Crippen molar-refractivity contribution in [3.63, 3.8) is 0 Å². The van der Waals surface area contributed by atoms with Crippen molar-refractivity contribution in [1.29, 1.82) is 0 Å². The maximum Gasteiger partial charge on any atom is 0.227 e. The van der Waals surface area contributed by atoms with Gasteiger partial charge in [0, 0.05) is 141 Å². The third-order valence-corrected chi connectivity index (χ3v) is 24.9. The van der Waals surface area contributed by atoms with Crippen molar-refractivity contribution < 1.29 is 44.9 Å². The quantitative estimate of drug-likeness (QED) is 0.141. The van der Waals surface area contributed by atoms with E-state index in [4.69, 9.17) is 22.1 Å². The molecular formula is C109H113N10O5+5. The molecule has 0 N–H and O–H groups in total. The molecule has 0 saturated carbocycles. The van der Waals surface area contributed by atoms with Gasteiger partial charge in [-0.2, -0.15) is 0 Å². The molecule has 15 aromatic heterocycles. The van der Waals surface area contributed by atoms with Crippen molar-refractivity contribution in [2.75, 3.05) is 0 Å². The summed E-state index contributed by atoms with van der Waals surface area (Å²) in [5.74, 6) is 0.968. The largest absolute Gasteiger partial charge is 0.437 e. The summed E-state index contributed by atoms with van der Waals surface area (Å²) < 4.78 is 42.1. The molecule has 124 heavy (non-hydrogen) atoms. The summed E-state index contributed by atoms with van der Waals surface area (Å²) in [6.45, 7) is 46.7. The number of furan rings is 5. The molecular weight excluding hydrogens is 1530 g/mol. The van der Waals surface area contributed by atoms with E-state index in [-0.39, 0.29) is 0 Å². The summed E-state index contributed by atoms with van der Waals surface area (Å²) >= 11 is 0. The van der Waals surface area contributed by atoms with Crippen molar-refractivity contribution in [3.05, 3.63) is 295 Å². The van der Waals surface area contributed by atoms with Crippen molar-refractivity contribution in [1.82, 2.24) is 24.9 Å². The maximum atomic E-state index is 6.31. The van der Waals surface area contributed by atoms with Crippen molar-refractivity contribution >= 4 is 110 Å². The lowest BCUT2D eigenvalue weighted by molar-refractivity contribution is -0.660. The van der Waals surface area contributed by atoms with Crippen LogP contribution in [0.3, 0.4) is 0 Å². The predicted molar refractivity (Wildman–Crippen MR) is 504 cm³/mol. The molecule has 20 aromatic rings. The first-order valence-electron chi connectivity index (χ1n) is 43.0. The zero-order valence-electron chi connectivity index (χ0n) is 77.0. The third kappa shape index (κ3) is 15.5. The summed E-state index contributed by atoms with van der Waals surface area (Å²) in [6.07, 6.45) is 10.8. The Bertz CT molecular complexity index is 7730. The van der Waals surface area contributed by atoms with Gasteiger partial charge in [-0.05, 0) is 270 Å². The molecule has 0 aliphatic heterocycles. The fourth-order valence-electron chi connectivity index (χ4n) is 17.9. The van der Waals surface area contributed by atoms with Crippen molar-refractivity contribution in [3.8, 4) is 56.3 Å². The number of hydrogen-bond donors (Lipinski definition) is 0. The lowest BCUT2D eigenvalue weighted by atomic mass is 9.95. The van der Waals surface area contributed by atoms with Crippen LogP contribution in [0.2, 0.25) is 0 Å². The maximum absolute atomic E-state index is 6.31. The number of rotatable bonds is 7. The van der Waals surface area contributed by atoms with Gasteiger partial charge in [-0.1, -0.05) is 70.2 Å². The molecule has 0 spiro atoms. The lowest BCUT2D eigenvalue weighted by Crippen LogP contribution is -2.31. The molecule has 15 nitrogen and oxygen atoms in total. The second-order valence-electron chi connectivity index (χ2n) is 35.3. The first-order valence-corrected chi connectivity index (χ1v) is 43.0. The number of pyridine rings is 10. The van der Waals surface area contributed by atoms with Crippen LogP contribution >= 0.6 is 0 Å². The second-order valence-corrected chi connectivity index (χ2v) is 35.3. The minimum absolute atomic E-state index is 0.483. The molecule has 0 amide bonds. The molecule has 5 aromatic carbocycles. The van der Waals surface area contributed by atoms with E-state index in [1.54, 1.807) is 0 Å². The van der Waals surface area contributed by atoms with E-state index in [1.807, 2.05) is 58.9 Å². The smallest absolute Gasteiger partial charge is 0.227 e. The Hall–Kier alpha value is -13.4. The average molecular weight is 1640 g/mol. The normalized spacial score (nSPS) is 11.7. The standard InChI is InChI=1S/C23H25N2O.2C22H23N2O.2C21H21N2O/c1-13(2)17-9-10-25(6)19(12-17)21-15(4)11-14(3)20-18-8-7-16(5)24-23(18)26-22(20)21;1-12-10-18(24(6)11-15(12)4)20-14(3)9-13(2)19-17-8-7-16(5)23-22(17)25-21(19)20;1-13(2)16-10-11-24(5)19(12-16)20-14(3)6-8-17-18-9-7-15(4)23-22(18)25-21(17)20;1-12-6-9-17(23(5)11-12)19-14(3)10-13(2)18-16-8-7-15(4)22-21(16)24-20(18)19;1-12-6-8-16-17-9-7-15(4)22-21(17)24-20(16)19(12)18-10-13(2)14(3)11-23(18)5/h7-13H,1-6H3;7-11H,1-6H3;6-13H,1-5H3;2*6-11H,1-5H3/q5*+1. The number of hydrogen-bond acceptors (Lipinski definition) is 10. The summed E-state index contributed by atoms with van der Waals surface area (Å²) in [7, 11) is 10.4. The summed E-state index contributed by atoms with van der Waals surface area (Å²) in [4.78, 5) is 22.9. The van der Waals surface area contributed by atoms with E-state index in [0.717, 1.165) is 150 Å². The first-order chi connectivity index (χ1) is 59.1. The molecule has 624 valence electrons. The van der Waals surface area contributed by atoms with Gasteiger partial charge < -0.3 is 22.1 Å². The molecule has 0 atom stereocenters. The second kappa shape index (κ2) is 33.1. The van der Waals surface area contributed by atoms with Gasteiger partial charge in [0.15, 0.2) is 58.9 Å². The van der Waals surface area contributed by atoms with E-state index >= 15 is 0 Å². The van der Waals surface area contributed by atoms with Gasteiger partial charge in [0.1, 0.15) is 35.2 Å². The summed E-state index contributed by atoms with van der Waals surface area (Å²) in [5.41, 5.74) is 43.5. The van der Waals surface area contributed by atoms with Crippen LogP contribution in [0.25, 0.3) is 167 Å². The number of aromatic nitrogens is 10. The van der Waals surface area contributed by atoms with Crippen molar-refractivity contribution in [2.45, 2.75) is 164 Å². The van der Waals surface area contributed by atoms with Gasteiger partial charge in [0.2, 0.25) is 57.0 Å². The summed E-state index contributed by atoms with van der Waals surface area (Å²) in [5, 5.41) is 11.2. The summed E-state index contributed by atoms with van der Waals surface area (Å²) in [6, 6.07) is 53.9. The van der Waals surface area contributed by atoms with Crippen molar-refractivity contribution in [2.24, 2.45) is 35.2 Å². The molecule has 0 radical (unpaired) electrons. The average Bonchev–Trinajstić information content (AvgIpc) is 1.57. The predicted octanol–water partition coefficient (Wildman–Crippen LogP) is 25.2. The van der Waals surface area contributed by atoms with Gasteiger partial charge in [0.05, 0.1) is 27.8 Å².